The van der Waals surface area contributed by atoms with Crippen molar-refractivity contribution in [3.05, 3.63) is 59.4 Å². The molecule has 0 saturated carbocycles. The zero-order chi connectivity index (χ0) is 21.7. The predicted molar refractivity (Wildman–Crippen MR) is 131 cm³/mol. The van der Waals surface area contributed by atoms with Gasteiger partial charge in [0.15, 0.2) is 5.11 Å². The number of carboxylic acid groups (broad SMARTS) is 1. The van der Waals surface area contributed by atoms with Crippen LogP contribution in [0.15, 0.2) is 48.2 Å². The van der Waals surface area contributed by atoms with Crippen molar-refractivity contribution < 1.29 is 19.4 Å². The second-order valence-electron chi connectivity index (χ2n) is 5.40. The van der Waals surface area contributed by atoms with Gasteiger partial charge in [0.05, 0.1) is 22.8 Å². The standard InChI is InChI=1S/C18H12Br4N2O4S/c1-28-16-8(4-9(19)7-13(16)22)2-3-14(25)23-18(29)24-15-11(17(26)27)5-10(20)6-12(15)21/h2-7H,1H3,(H,26,27)(H2,23,24,25,29)/b3-2+. The summed E-state index contributed by atoms with van der Waals surface area (Å²) in [6.45, 7) is 0. The molecule has 29 heavy (non-hydrogen) atoms. The van der Waals surface area contributed by atoms with Gasteiger partial charge < -0.3 is 15.2 Å². The molecule has 152 valence electrons. The summed E-state index contributed by atoms with van der Waals surface area (Å²) in [5, 5.41) is 14.5. The molecule has 2 aromatic rings. The molecule has 0 radical (unpaired) electrons. The number of carbonyl (C=O) groups excluding carboxylic acids is 1. The third-order valence-corrected chi connectivity index (χ3v) is 5.75. The smallest absolute Gasteiger partial charge is 0.337 e. The van der Waals surface area contributed by atoms with E-state index in [4.69, 9.17) is 17.0 Å². The normalized spacial score (nSPS) is 10.7. The molecule has 6 nitrogen and oxygen atoms in total. The van der Waals surface area contributed by atoms with Crippen LogP contribution in [-0.4, -0.2) is 29.2 Å². The van der Waals surface area contributed by atoms with E-state index in [9.17, 15) is 14.7 Å². The van der Waals surface area contributed by atoms with Crippen LogP contribution in [0.2, 0.25) is 0 Å². The molecule has 0 heterocycles. The Morgan fingerprint density at radius 1 is 1.07 bits per heavy atom. The molecule has 2 rings (SSSR count). The first-order chi connectivity index (χ1) is 13.6. The van der Waals surface area contributed by atoms with E-state index >= 15 is 0 Å². The second kappa shape index (κ2) is 10.7. The van der Waals surface area contributed by atoms with Crippen LogP contribution in [0.25, 0.3) is 6.08 Å². The van der Waals surface area contributed by atoms with E-state index in [0.29, 0.717) is 20.3 Å². The molecule has 3 N–H and O–H groups in total. The van der Waals surface area contributed by atoms with E-state index in [1.165, 1.54) is 19.3 Å². The Bertz CT molecular complexity index is 1030. The van der Waals surface area contributed by atoms with E-state index in [0.717, 1.165) is 8.95 Å². The summed E-state index contributed by atoms with van der Waals surface area (Å²) < 4.78 is 7.92. The summed E-state index contributed by atoms with van der Waals surface area (Å²) >= 11 is 18.4. The molecule has 0 aliphatic heterocycles. The number of anilines is 1. The van der Waals surface area contributed by atoms with Crippen molar-refractivity contribution in [2.24, 2.45) is 0 Å². The third-order valence-electron chi connectivity index (χ3n) is 3.42. The van der Waals surface area contributed by atoms with Crippen LogP contribution in [0.1, 0.15) is 15.9 Å². The quantitative estimate of drug-likeness (QED) is 0.268. The monoisotopic (exact) mass is 668 g/mol. The van der Waals surface area contributed by atoms with Crippen LogP contribution in [0.4, 0.5) is 5.69 Å². The highest BCUT2D eigenvalue weighted by atomic mass is 79.9. The predicted octanol–water partition coefficient (Wildman–Crippen LogP) is 5.97. The Balaban J connectivity index is 2.14. The van der Waals surface area contributed by atoms with Gasteiger partial charge in [0.1, 0.15) is 5.75 Å². The first-order valence-electron chi connectivity index (χ1n) is 7.67. The number of thiocarbonyl (C=S) groups is 1. The number of benzene rings is 2. The Labute approximate surface area is 205 Å². The van der Waals surface area contributed by atoms with Crippen molar-refractivity contribution in [3.63, 3.8) is 0 Å². The summed E-state index contributed by atoms with van der Waals surface area (Å²) in [6.07, 6.45) is 2.87. The number of rotatable bonds is 5. The Morgan fingerprint density at radius 3 is 2.31 bits per heavy atom. The number of ether oxygens (including phenoxy) is 1. The van der Waals surface area contributed by atoms with Gasteiger partial charge in [-0.25, -0.2) is 4.79 Å². The van der Waals surface area contributed by atoms with E-state index in [2.05, 4.69) is 74.4 Å². The average molecular weight is 672 g/mol. The summed E-state index contributed by atoms with van der Waals surface area (Å²) in [5.41, 5.74) is 0.890. The Morgan fingerprint density at radius 2 is 1.69 bits per heavy atom. The topological polar surface area (TPSA) is 87.7 Å². The van der Waals surface area contributed by atoms with E-state index in [-0.39, 0.29) is 16.4 Å². The van der Waals surface area contributed by atoms with Gasteiger partial charge in [-0.2, -0.15) is 0 Å². The average Bonchev–Trinajstić information content (AvgIpc) is 2.61. The van der Waals surface area contributed by atoms with Crippen LogP contribution in [-0.2, 0) is 4.79 Å². The number of amides is 1. The summed E-state index contributed by atoms with van der Waals surface area (Å²) in [7, 11) is 1.53. The summed E-state index contributed by atoms with van der Waals surface area (Å²) in [6, 6.07) is 6.71. The SMILES string of the molecule is COc1c(Br)cc(Br)cc1/C=C/C(=O)NC(=S)Nc1c(Br)cc(Br)cc1C(=O)O. The first-order valence-corrected chi connectivity index (χ1v) is 11.3. The molecule has 1 amide bonds. The lowest BCUT2D eigenvalue weighted by molar-refractivity contribution is -0.115. The first kappa shape index (κ1) is 24.0. The van der Waals surface area contributed by atoms with Gasteiger partial charge >= 0.3 is 5.97 Å². The number of carbonyl (C=O) groups is 2. The molecule has 2 aromatic carbocycles. The Kier molecular flexibility index (Phi) is 8.83. The van der Waals surface area contributed by atoms with E-state index in [1.54, 1.807) is 18.2 Å². The second-order valence-corrected chi connectivity index (χ2v) is 9.35. The molecular formula is C18H12Br4N2O4S. The van der Waals surface area contributed by atoms with Gasteiger partial charge in [0, 0.05) is 25.1 Å². The lowest BCUT2D eigenvalue weighted by Crippen LogP contribution is -2.33. The highest BCUT2D eigenvalue weighted by molar-refractivity contribution is 9.11. The van der Waals surface area contributed by atoms with Crippen molar-refractivity contribution in [2.75, 3.05) is 12.4 Å². The number of hydrogen-bond donors (Lipinski definition) is 3. The molecular weight excluding hydrogens is 660 g/mol. The van der Waals surface area contributed by atoms with Crippen LogP contribution in [0.5, 0.6) is 5.75 Å². The molecule has 0 aliphatic carbocycles. The highest BCUT2D eigenvalue weighted by Gasteiger charge is 2.16. The lowest BCUT2D eigenvalue weighted by atomic mass is 10.2. The number of methoxy groups -OCH3 is 1. The van der Waals surface area contributed by atoms with Crippen molar-refractivity contribution in [1.82, 2.24) is 5.32 Å². The lowest BCUT2D eigenvalue weighted by Gasteiger charge is -2.13. The van der Waals surface area contributed by atoms with E-state index in [1.807, 2.05) is 6.07 Å². The highest BCUT2D eigenvalue weighted by Crippen LogP contribution is 2.33. The fraction of sp³-hybridized carbons (Fsp3) is 0.0556. The van der Waals surface area contributed by atoms with Crippen molar-refractivity contribution in [1.29, 1.82) is 0 Å². The van der Waals surface area contributed by atoms with E-state index < -0.39 is 11.9 Å². The molecule has 11 heteroatoms. The molecule has 0 spiro atoms. The van der Waals surface area contributed by atoms with Crippen LogP contribution >= 0.6 is 75.9 Å². The number of carboxylic acids is 1. The molecule has 0 atom stereocenters. The number of aromatic carboxylic acids is 1. The van der Waals surface area contributed by atoms with Gasteiger partial charge in [0.2, 0.25) is 5.91 Å². The third kappa shape index (κ3) is 6.61. The Hall–Kier alpha value is -1.27. The van der Waals surface area contributed by atoms with Crippen molar-refractivity contribution in [3.8, 4) is 5.75 Å². The van der Waals surface area contributed by atoms with Crippen LogP contribution in [0, 0.1) is 0 Å². The minimum atomic E-state index is -1.14. The van der Waals surface area contributed by atoms with Crippen LogP contribution < -0.4 is 15.4 Å². The number of nitrogens with one attached hydrogen (secondary N) is 2. The fourth-order valence-corrected chi connectivity index (χ4v) is 5.20. The van der Waals surface area contributed by atoms with Gasteiger partial charge in [-0.15, -0.1) is 0 Å². The minimum absolute atomic E-state index is 0.0119. The fourth-order valence-electron chi connectivity index (χ4n) is 2.25. The van der Waals surface area contributed by atoms with Gasteiger partial charge in [-0.3, -0.25) is 10.1 Å². The van der Waals surface area contributed by atoms with Gasteiger partial charge in [-0.1, -0.05) is 31.9 Å². The summed E-state index contributed by atoms with van der Waals surface area (Å²) in [5.74, 6) is -1.07. The van der Waals surface area contributed by atoms with Gasteiger partial charge in [-0.05, 0) is 74.4 Å². The van der Waals surface area contributed by atoms with Crippen molar-refractivity contribution >= 4 is 105 Å². The summed E-state index contributed by atoms with van der Waals surface area (Å²) in [4.78, 5) is 23.7. The maximum Gasteiger partial charge on any atom is 0.337 e. The molecule has 0 unspecified atom stereocenters. The maximum absolute atomic E-state index is 12.2. The number of hydrogen-bond acceptors (Lipinski definition) is 4. The minimum Gasteiger partial charge on any atom is -0.495 e. The largest absolute Gasteiger partial charge is 0.495 e. The van der Waals surface area contributed by atoms with Crippen molar-refractivity contribution in [2.45, 2.75) is 0 Å². The molecule has 0 saturated heterocycles. The molecule has 0 bridgehead atoms. The zero-order valence-corrected chi connectivity index (χ0v) is 21.7. The molecule has 0 aromatic heterocycles. The molecule has 0 fully saturated rings. The van der Waals surface area contributed by atoms with Crippen LogP contribution in [0.3, 0.4) is 0 Å². The molecule has 0 aliphatic rings. The number of halogens is 4. The zero-order valence-electron chi connectivity index (χ0n) is 14.6. The maximum atomic E-state index is 12.2. The van der Waals surface area contributed by atoms with Gasteiger partial charge in [0.25, 0.3) is 0 Å².